The summed E-state index contributed by atoms with van der Waals surface area (Å²) < 4.78 is 17.1. The fourth-order valence-corrected chi connectivity index (χ4v) is 2.08. The molecule has 1 unspecified atom stereocenters. The van der Waals surface area contributed by atoms with Gasteiger partial charge in [0.1, 0.15) is 5.75 Å². The number of hydrogen-bond donors (Lipinski definition) is 1. The first-order valence-corrected chi connectivity index (χ1v) is 7.48. The van der Waals surface area contributed by atoms with Crippen LogP contribution in [0, 0.1) is 0 Å². The molecule has 0 saturated heterocycles. The molecule has 1 aromatic carbocycles. The quantitative estimate of drug-likeness (QED) is 0.816. The van der Waals surface area contributed by atoms with Gasteiger partial charge in [-0.05, 0) is 12.1 Å². The molecule has 0 saturated carbocycles. The molecular formula is C11H16BrNO2S. The second-order valence-corrected chi connectivity index (χ2v) is 5.88. The van der Waals surface area contributed by atoms with Crippen LogP contribution in [0.25, 0.3) is 0 Å². The van der Waals surface area contributed by atoms with E-state index in [1.54, 1.807) is 13.4 Å². The van der Waals surface area contributed by atoms with Gasteiger partial charge in [-0.25, -0.2) is 0 Å². The Bertz CT molecular complexity index is 371. The highest BCUT2D eigenvalue weighted by molar-refractivity contribution is 9.10. The Balaban J connectivity index is 2.50. The molecule has 16 heavy (non-hydrogen) atoms. The van der Waals surface area contributed by atoms with Crippen LogP contribution in [0.1, 0.15) is 5.56 Å². The van der Waals surface area contributed by atoms with Crippen molar-refractivity contribution in [2.45, 2.75) is 6.54 Å². The van der Waals surface area contributed by atoms with Crippen molar-refractivity contribution in [2.75, 3.05) is 25.7 Å². The van der Waals surface area contributed by atoms with Crippen LogP contribution in [0.3, 0.4) is 0 Å². The minimum absolute atomic E-state index is 0.679. The summed E-state index contributed by atoms with van der Waals surface area (Å²) in [6.45, 7) is 1.48. The van der Waals surface area contributed by atoms with Gasteiger partial charge in [-0.3, -0.25) is 4.21 Å². The maximum Gasteiger partial charge on any atom is 0.124 e. The van der Waals surface area contributed by atoms with Gasteiger partial charge in [0.2, 0.25) is 0 Å². The zero-order valence-corrected chi connectivity index (χ0v) is 11.9. The molecule has 0 heterocycles. The molecule has 0 spiro atoms. The van der Waals surface area contributed by atoms with Crippen LogP contribution in [0.4, 0.5) is 0 Å². The molecule has 0 aliphatic rings. The molecule has 3 nitrogen and oxygen atoms in total. The summed E-state index contributed by atoms with van der Waals surface area (Å²) in [5, 5.41) is 3.24. The summed E-state index contributed by atoms with van der Waals surface area (Å²) in [7, 11) is 0.924. The van der Waals surface area contributed by atoms with Crippen molar-refractivity contribution in [2.24, 2.45) is 0 Å². The maximum atomic E-state index is 10.9. The minimum atomic E-state index is -0.735. The van der Waals surface area contributed by atoms with E-state index < -0.39 is 10.8 Å². The lowest BCUT2D eigenvalue weighted by Gasteiger charge is -2.09. The summed E-state index contributed by atoms with van der Waals surface area (Å²) in [5.74, 6) is 1.54. The average molecular weight is 306 g/mol. The average Bonchev–Trinajstić information content (AvgIpc) is 2.25. The van der Waals surface area contributed by atoms with Crippen LogP contribution in [-0.2, 0) is 17.3 Å². The molecule has 0 aliphatic carbocycles. The molecule has 0 amide bonds. The molecule has 0 fully saturated rings. The highest BCUT2D eigenvalue weighted by Crippen LogP contribution is 2.23. The zero-order chi connectivity index (χ0) is 12.0. The second-order valence-electron chi connectivity index (χ2n) is 3.41. The van der Waals surface area contributed by atoms with Crippen molar-refractivity contribution in [3.8, 4) is 5.75 Å². The molecule has 0 aliphatic heterocycles. The van der Waals surface area contributed by atoms with Gasteiger partial charge in [-0.1, -0.05) is 22.0 Å². The van der Waals surface area contributed by atoms with Gasteiger partial charge < -0.3 is 10.1 Å². The van der Waals surface area contributed by atoms with Crippen molar-refractivity contribution in [1.82, 2.24) is 5.32 Å². The van der Waals surface area contributed by atoms with E-state index in [4.69, 9.17) is 4.74 Å². The van der Waals surface area contributed by atoms with Crippen molar-refractivity contribution >= 4 is 26.7 Å². The van der Waals surface area contributed by atoms with Gasteiger partial charge in [-0.2, -0.15) is 0 Å². The predicted molar refractivity (Wildman–Crippen MR) is 71.3 cm³/mol. The zero-order valence-electron chi connectivity index (χ0n) is 9.46. The molecule has 0 radical (unpaired) electrons. The van der Waals surface area contributed by atoms with Crippen molar-refractivity contribution < 1.29 is 8.95 Å². The van der Waals surface area contributed by atoms with E-state index in [0.29, 0.717) is 5.75 Å². The Morgan fingerprint density at radius 1 is 1.50 bits per heavy atom. The molecule has 1 rings (SSSR count). The fourth-order valence-electron chi connectivity index (χ4n) is 1.30. The highest BCUT2D eigenvalue weighted by atomic mass is 79.9. The van der Waals surface area contributed by atoms with E-state index in [2.05, 4.69) is 21.2 Å². The number of ether oxygens (including phenoxy) is 1. The molecule has 1 aromatic rings. The van der Waals surface area contributed by atoms with Gasteiger partial charge in [0.15, 0.2) is 0 Å². The van der Waals surface area contributed by atoms with Crippen LogP contribution >= 0.6 is 15.9 Å². The third kappa shape index (κ3) is 4.63. The lowest BCUT2D eigenvalue weighted by atomic mass is 10.2. The maximum absolute atomic E-state index is 10.9. The van der Waals surface area contributed by atoms with Crippen molar-refractivity contribution in [3.05, 3.63) is 28.2 Å². The van der Waals surface area contributed by atoms with Gasteiger partial charge in [-0.15, -0.1) is 0 Å². The Hall–Kier alpha value is -0.390. The van der Waals surface area contributed by atoms with Crippen LogP contribution in [0.5, 0.6) is 5.75 Å². The minimum Gasteiger partial charge on any atom is -0.496 e. The van der Waals surface area contributed by atoms with E-state index in [9.17, 15) is 4.21 Å². The van der Waals surface area contributed by atoms with E-state index in [1.165, 1.54) is 0 Å². The van der Waals surface area contributed by atoms with E-state index in [-0.39, 0.29) is 0 Å². The van der Waals surface area contributed by atoms with Gasteiger partial charge in [0.05, 0.1) is 7.11 Å². The number of benzene rings is 1. The monoisotopic (exact) mass is 305 g/mol. The summed E-state index contributed by atoms with van der Waals surface area (Å²) >= 11 is 3.40. The topological polar surface area (TPSA) is 38.3 Å². The SMILES string of the molecule is COc1cc(Br)ccc1CNCCS(C)=O. The standard InChI is InChI=1S/C11H16BrNO2S/c1-15-11-7-10(12)4-3-9(11)8-13-5-6-16(2)14/h3-4,7,13H,5-6,8H2,1-2H3. The normalized spacial score (nSPS) is 12.4. The molecule has 0 aromatic heterocycles. The van der Waals surface area contributed by atoms with E-state index >= 15 is 0 Å². The smallest absolute Gasteiger partial charge is 0.124 e. The van der Waals surface area contributed by atoms with Crippen LogP contribution in [-0.4, -0.2) is 29.9 Å². The van der Waals surface area contributed by atoms with Crippen LogP contribution in [0.2, 0.25) is 0 Å². The van der Waals surface area contributed by atoms with E-state index in [1.807, 2.05) is 18.2 Å². The molecule has 5 heteroatoms. The largest absolute Gasteiger partial charge is 0.496 e. The lowest BCUT2D eigenvalue weighted by molar-refractivity contribution is 0.407. The van der Waals surface area contributed by atoms with Crippen molar-refractivity contribution in [3.63, 3.8) is 0 Å². The first kappa shape index (κ1) is 13.7. The predicted octanol–water partition coefficient (Wildman–Crippen LogP) is 1.93. The Labute approximate surface area is 107 Å². The Kier molecular flexibility index (Phi) is 6.01. The van der Waals surface area contributed by atoms with Gasteiger partial charge in [0.25, 0.3) is 0 Å². The summed E-state index contributed by atoms with van der Waals surface area (Å²) in [4.78, 5) is 0. The van der Waals surface area contributed by atoms with E-state index in [0.717, 1.165) is 28.9 Å². The summed E-state index contributed by atoms with van der Waals surface area (Å²) in [6.07, 6.45) is 1.71. The molecule has 90 valence electrons. The van der Waals surface area contributed by atoms with Crippen LogP contribution in [0.15, 0.2) is 22.7 Å². The Morgan fingerprint density at radius 2 is 2.25 bits per heavy atom. The first-order valence-electron chi connectivity index (χ1n) is 4.96. The van der Waals surface area contributed by atoms with Crippen molar-refractivity contribution in [1.29, 1.82) is 0 Å². The van der Waals surface area contributed by atoms with Gasteiger partial charge >= 0.3 is 0 Å². The number of methoxy groups -OCH3 is 1. The Morgan fingerprint density at radius 3 is 2.88 bits per heavy atom. The highest BCUT2D eigenvalue weighted by Gasteiger charge is 2.03. The van der Waals surface area contributed by atoms with Crippen LogP contribution < -0.4 is 10.1 Å². The third-order valence-electron chi connectivity index (χ3n) is 2.13. The third-order valence-corrected chi connectivity index (χ3v) is 3.40. The first-order chi connectivity index (χ1) is 7.63. The second kappa shape index (κ2) is 7.04. The fraction of sp³-hybridized carbons (Fsp3) is 0.455. The number of nitrogens with one attached hydrogen (secondary N) is 1. The molecule has 0 bridgehead atoms. The number of hydrogen-bond acceptors (Lipinski definition) is 3. The lowest BCUT2D eigenvalue weighted by Crippen LogP contribution is -2.19. The number of rotatable bonds is 6. The van der Waals surface area contributed by atoms with Gasteiger partial charge in [0, 0.05) is 45.9 Å². The molecular weight excluding hydrogens is 290 g/mol. The molecule has 1 atom stereocenters. The molecule has 1 N–H and O–H groups in total. The summed E-state index contributed by atoms with van der Waals surface area (Å²) in [5.41, 5.74) is 1.10. The number of halogens is 1. The summed E-state index contributed by atoms with van der Waals surface area (Å²) in [6, 6.07) is 5.94.